The van der Waals surface area contributed by atoms with Crippen LogP contribution in [0.25, 0.3) is 0 Å². The standard InChI is InChI=1S/C12H13NO4/c1-16-10-4-8(5-11(6-10)17-2)3-9(7-13)12(14)15/h4-6,9H,3H2,1-2H3,(H,14,15)/t9-/m0/s1. The second-order valence-electron chi connectivity index (χ2n) is 3.44. The smallest absolute Gasteiger partial charge is 0.321 e. The summed E-state index contributed by atoms with van der Waals surface area (Å²) >= 11 is 0. The number of rotatable bonds is 5. The maximum atomic E-state index is 10.8. The summed E-state index contributed by atoms with van der Waals surface area (Å²) in [6.07, 6.45) is 0.124. The molecule has 0 unspecified atom stereocenters. The van der Waals surface area contributed by atoms with Gasteiger partial charge >= 0.3 is 5.97 Å². The molecule has 0 aliphatic heterocycles. The lowest BCUT2D eigenvalue weighted by Gasteiger charge is -2.09. The highest BCUT2D eigenvalue weighted by molar-refractivity contribution is 5.73. The quantitative estimate of drug-likeness (QED) is 0.835. The van der Waals surface area contributed by atoms with E-state index in [1.54, 1.807) is 24.3 Å². The number of hydrogen-bond acceptors (Lipinski definition) is 4. The van der Waals surface area contributed by atoms with E-state index in [4.69, 9.17) is 19.8 Å². The lowest BCUT2D eigenvalue weighted by molar-refractivity contribution is -0.139. The van der Waals surface area contributed by atoms with Gasteiger partial charge in [0.05, 0.1) is 20.3 Å². The summed E-state index contributed by atoms with van der Waals surface area (Å²) in [6, 6.07) is 6.81. The summed E-state index contributed by atoms with van der Waals surface area (Å²) in [5, 5.41) is 17.5. The lowest BCUT2D eigenvalue weighted by atomic mass is 10.0. The Balaban J connectivity index is 2.97. The molecule has 0 aromatic heterocycles. The van der Waals surface area contributed by atoms with E-state index in [1.807, 2.05) is 0 Å². The van der Waals surface area contributed by atoms with E-state index in [0.29, 0.717) is 17.1 Å². The van der Waals surface area contributed by atoms with Gasteiger partial charge in [-0.2, -0.15) is 5.26 Å². The van der Waals surface area contributed by atoms with Crippen molar-refractivity contribution in [3.63, 3.8) is 0 Å². The molecule has 0 amide bonds. The van der Waals surface area contributed by atoms with Crippen molar-refractivity contribution in [1.29, 1.82) is 5.26 Å². The van der Waals surface area contributed by atoms with Crippen LogP contribution in [-0.2, 0) is 11.2 Å². The third-order valence-electron chi connectivity index (χ3n) is 2.30. The Kier molecular flexibility index (Phi) is 4.35. The largest absolute Gasteiger partial charge is 0.497 e. The van der Waals surface area contributed by atoms with Gasteiger partial charge in [0.25, 0.3) is 0 Å². The van der Waals surface area contributed by atoms with Crippen LogP contribution in [0.3, 0.4) is 0 Å². The molecule has 0 radical (unpaired) electrons. The molecule has 0 saturated carbocycles. The first-order valence-electron chi connectivity index (χ1n) is 4.95. The predicted molar refractivity (Wildman–Crippen MR) is 60.0 cm³/mol. The van der Waals surface area contributed by atoms with Crippen molar-refractivity contribution in [3.8, 4) is 17.6 Å². The van der Waals surface area contributed by atoms with Gasteiger partial charge in [-0.15, -0.1) is 0 Å². The van der Waals surface area contributed by atoms with Crippen LogP contribution in [0.5, 0.6) is 11.5 Å². The Morgan fingerprint density at radius 3 is 2.24 bits per heavy atom. The number of aliphatic carboxylic acids is 1. The topological polar surface area (TPSA) is 79.5 Å². The van der Waals surface area contributed by atoms with Gasteiger partial charge in [0.1, 0.15) is 17.4 Å². The van der Waals surface area contributed by atoms with E-state index in [1.165, 1.54) is 14.2 Å². The molecule has 5 nitrogen and oxygen atoms in total. The van der Waals surface area contributed by atoms with Crippen molar-refractivity contribution >= 4 is 5.97 Å². The van der Waals surface area contributed by atoms with Gasteiger partial charge in [-0.25, -0.2) is 0 Å². The molecular formula is C12H13NO4. The molecule has 1 atom stereocenters. The van der Waals surface area contributed by atoms with Crippen LogP contribution < -0.4 is 9.47 Å². The van der Waals surface area contributed by atoms with Crippen molar-refractivity contribution in [2.45, 2.75) is 6.42 Å². The number of benzene rings is 1. The molecule has 90 valence electrons. The number of methoxy groups -OCH3 is 2. The minimum Gasteiger partial charge on any atom is -0.497 e. The second-order valence-corrected chi connectivity index (χ2v) is 3.44. The average Bonchev–Trinajstić information content (AvgIpc) is 2.34. The van der Waals surface area contributed by atoms with Gasteiger partial charge in [-0.1, -0.05) is 0 Å². The predicted octanol–water partition coefficient (Wildman–Crippen LogP) is 1.47. The lowest BCUT2D eigenvalue weighted by Crippen LogP contribution is -2.14. The van der Waals surface area contributed by atoms with E-state index < -0.39 is 11.9 Å². The molecule has 1 rings (SSSR count). The summed E-state index contributed by atoms with van der Waals surface area (Å²) in [5.74, 6) is -1.05. The van der Waals surface area contributed by atoms with Crippen LogP contribution in [0.15, 0.2) is 18.2 Å². The summed E-state index contributed by atoms with van der Waals surface area (Å²) < 4.78 is 10.1. The number of hydrogen-bond donors (Lipinski definition) is 1. The van der Waals surface area contributed by atoms with E-state index in [9.17, 15) is 4.79 Å². The van der Waals surface area contributed by atoms with Gasteiger partial charge in [-0.05, 0) is 24.1 Å². The fraction of sp³-hybridized carbons (Fsp3) is 0.333. The Hall–Kier alpha value is -2.22. The molecule has 0 bridgehead atoms. The fourth-order valence-electron chi connectivity index (χ4n) is 1.41. The van der Waals surface area contributed by atoms with Crippen molar-refractivity contribution in [1.82, 2.24) is 0 Å². The highest BCUT2D eigenvalue weighted by Crippen LogP contribution is 2.24. The highest BCUT2D eigenvalue weighted by Gasteiger charge is 2.17. The molecular weight excluding hydrogens is 222 g/mol. The summed E-state index contributed by atoms with van der Waals surface area (Å²) in [7, 11) is 3.02. The Morgan fingerprint density at radius 2 is 1.88 bits per heavy atom. The molecule has 0 saturated heterocycles. The third kappa shape index (κ3) is 3.38. The molecule has 0 aliphatic carbocycles. The molecule has 5 heteroatoms. The maximum absolute atomic E-state index is 10.8. The number of nitrogens with zero attached hydrogens (tertiary/aromatic N) is 1. The van der Waals surface area contributed by atoms with Gasteiger partial charge in [0.2, 0.25) is 0 Å². The van der Waals surface area contributed by atoms with Crippen LogP contribution in [0.1, 0.15) is 5.56 Å². The van der Waals surface area contributed by atoms with Crippen LogP contribution >= 0.6 is 0 Å². The number of carbonyl (C=O) groups is 1. The van der Waals surface area contributed by atoms with Crippen molar-refractivity contribution in [2.75, 3.05) is 14.2 Å². The van der Waals surface area contributed by atoms with E-state index in [2.05, 4.69) is 0 Å². The maximum Gasteiger partial charge on any atom is 0.321 e. The van der Waals surface area contributed by atoms with Crippen molar-refractivity contribution in [3.05, 3.63) is 23.8 Å². The van der Waals surface area contributed by atoms with Crippen LogP contribution in [-0.4, -0.2) is 25.3 Å². The first-order chi connectivity index (χ1) is 8.10. The second kappa shape index (κ2) is 5.75. The van der Waals surface area contributed by atoms with Gasteiger partial charge in [0.15, 0.2) is 0 Å². The fourth-order valence-corrected chi connectivity index (χ4v) is 1.41. The molecule has 17 heavy (non-hydrogen) atoms. The normalized spacial score (nSPS) is 11.4. The zero-order valence-electron chi connectivity index (χ0n) is 9.64. The van der Waals surface area contributed by atoms with E-state index in [-0.39, 0.29) is 6.42 Å². The van der Waals surface area contributed by atoms with Gasteiger partial charge in [-0.3, -0.25) is 4.79 Å². The van der Waals surface area contributed by atoms with Gasteiger partial charge < -0.3 is 14.6 Å². The minimum absolute atomic E-state index is 0.124. The summed E-state index contributed by atoms with van der Waals surface area (Å²) in [6.45, 7) is 0. The van der Waals surface area contributed by atoms with Crippen LogP contribution in [0, 0.1) is 17.2 Å². The van der Waals surface area contributed by atoms with E-state index in [0.717, 1.165) is 0 Å². The SMILES string of the molecule is COc1cc(C[C@@H](C#N)C(=O)O)cc(OC)c1. The van der Waals surface area contributed by atoms with Crippen molar-refractivity contribution in [2.24, 2.45) is 5.92 Å². The molecule has 0 fully saturated rings. The average molecular weight is 235 g/mol. The molecule has 1 aromatic carbocycles. The first kappa shape index (κ1) is 12.8. The summed E-state index contributed by atoms with van der Waals surface area (Å²) in [4.78, 5) is 10.8. The van der Waals surface area contributed by atoms with E-state index >= 15 is 0 Å². The number of carboxylic acid groups (broad SMARTS) is 1. The molecule has 1 aromatic rings. The summed E-state index contributed by atoms with van der Waals surface area (Å²) in [5.41, 5.74) is 0.690. The highest BCUT2D eigenvalue weighted by atomic mass is 16.5. The molecule has 0 aliphatic rings. The number of carboxylic acids is 1. The van der Waals surface area contributed by atoms with Crippen LogP contribution in [0.4, 0.5) is 0 Å². The van der Waals surface area contributed by atoms with Crippen LogP contribution in [0.2, 0.25) is 0 Å². The minimum atomic E-state index is -1.13. The Labute approximate surface area is 99.2 Å². The zero-order chi connectivity index (χ0) is 12.8. The molecule has 1 N–H and O–H groups in total. The first-order valence-corrected chi connectivity index (χ1v) is 4.95. The number of ether oxygens (including phenoxy) is 2. The number of nitriles is 1. The van der Waals surface area contributed by atoms with Gasteiger partial charge in [0, 0.05) is 6.07 Å². The molecule has 0 heterocycles. The molecule has 0 spiro atoms. The zero-order valence-corrected chi connectivity index (χ0v) is 9.64. The third-order valence-corrected chi connectivity index (χ3v) is 2.30. The Bertz CT molecular complexity index is 428. The monoisotopic (exact) mass is 235 g/mol. The Morgan fingerprint density at radius 1 is 1.35 bits per heavy atom. The van der Waals surface area contributed by atoms with Crippen molar-refractivity contribution < 1.29 is 19.4 Å².